The number of aromatic nitrogens is 2. The number of H-pyrrole nitrogens is 1. The highest BCUT2D eigenvalue weighted by atomic mass is 35.5. The number of aromatic amines is 1. The molecule has 15 heavy (non-hydrogen) atoms. The zero-order chi connectivity index (χ0) is 9.97. The second-order valence-corrected chi connectivity index (χ2v) is 3.54. The maximum atomic E-state index is 11.5. The fourth-order valence-electron chi connectivity index (χ4n) is 1.41. The van der Waals surface area contributed by atoms with Gasteiger partial charge in [0.05, 0.1) is 17.8 Å². The number of rotatable bonds is 3. The highest BCUT2D eigenvalue weighted by Gasteiger charge is 2.25. The van der Waals surface area contributed by atoms with E-state index in [0.717, 1.165) is 18.7 Å². The first kappa shape index (κ1) is 12.0. The standard InChI is InChI=1S/C9H14N4O.ClH/c1-6(7-3-5-11-13-7)12-9(14)8-2-4-10-8;/h3,5-6,8,10H,2,4H2,1H3,(H,11,13)(H,12,14);1H/t6?,8-;/m1./s1. The maximum absolute atomic E-state index is 11.5. The van der Waals surface area contributed by atoms with E-state index in [1.54, 1.807) is 6.20 Å². The molecule has 2 atom stereocenters. The predicted octanol–water partition coefficient (Wildman–Crippen LogP) is 0.371. The third kappa shape index (κ3) is 2.70. The number of carbonyl (C=O) groups excluding carboxylic acids is 1. The number of nitrogens with one attached hydrogen (secondary N) is 3. The topological polar surface area (TPSA) is 69.8 Å². The van der Waals surface area contributed by atoms with E-state index in [1.807, 2.05) is 13.0 Å². The summed E-state index contributed by atoms with van der Waals surface area (Å²) in [5.74, 6) is 0.0679. The van der Waals surface area contributed by atoms with Crippen molar-refractivity contribution in [3.8, 4) is 0 Å². The third-order valence-electron chi connectivity index (χ3n) is 2.49. The first-order valence-corrected chi connectivity index (χ1v) is 4.80. The molecular formula is C9H15ClN4O. The van der Waals surface area contributed by atoms with Crippen LogP contribution in [-0.2, 0) is 4.79 Å². The van der Waals surface area contributed by atoms with Crippen LogP contribution >= 0.6 is 12.4 Å². The van der Waals surface area contributed by atoms with Crippen LogP contribution in [0.4, 0.5) is 0 Å². The SMILES string of the molecule is CC(NC(=O)[C@H]1CCN1)c1ccn[nH]1.Cl. The van der Waals surface area contributed by atoms with Crippen LogP contribution in [0.25, 0.3) is 0 Å². The molecule has 0 bridgehead atoms. The van der Waals surface area contributed by atoms with E-state index in [-0.39, 0.29) is 30.4 Å². The van der Waals surface area contributed by atoms with Crippen LogP contribution in [0.2, 0.25) is 0 Å². The van der Waals surface area contributed by atoms with Crippen molar-refractivity contribution in [1.29, 1.82) is 0 Å². The molecule has 84 valence electrons. The average Bonchev–Trinajstić information content (AvgIpc) is 2.51. The molecule has 0 aliphatic carbocycles. The Labute approximate surface area is 94.4 Å². The van der Waals surface area contributed by atoms with E-state index in [2.05, 4.69) is 20.8 Å². The number of hydrogen-bond acceptors (Lipinski definition) is 3. The van der Waals surface area contributed by atoms with E-state index in [4.69, 9.17) is 0 Å². The van der Waals surface area contributed by atoms with Crippen molar-refractivity contribution in [2.45, 2.75) is 25.4 Å². The zero-order valence-corrected chi connectivity index (χ0v) is 9.30. The van der Waals surface area contributed by atoms with E-state index in [1.165, 1.54) is 0 Å². The van der Waals surface area contributed by atoms with Crippen LogP contribution in [0.3, 0.4) is 0 Å². The predicted molar refractivity (Wildman–Crippen MR) is 58.8 cm³/mol. The quantitative estimate of drug-likeness (QED) is 0.703. The van der Waals surface area contributed by atoms with E-state index in [9.17, 15) is 4.79 Å². The van der Waals surface area contributed by atoms with Crippen LogP contribution in [0.5, 0.6) is 0 Å². The fraction of sp³-hybridized carbons (Fsp3) is 0.556. The fourth-order valence-corrected chi connectivity index (χ4v) is 1.41. The molecule has 0 spiro atoms. The number of amides is 1. The van der Waals surface area contributed by atoms with Gasteiger partial charge in [-0.3, -0.25) is 9.89 Å². The van der Waals surface area contributed by atoms with Gasteiger partial charge in [0.1, 0.15) is 0 Å². The van der Waals surface area contributed by atoms with E-state index < -0.39 is 0 Å². The Kier molecular flexibility index (Phi) is 4.11. The first-order valence-electron chi connectivity index (χ1n) is 4.80. The van der Waals surface area contributed by atoms with Gasteiger partial charge >= 0.3 is 0 Å². The molecule has 1 aliphatic rings. The van der Waals surface area contributed by atoms with Gasteiger partial charge in [-0.25, -0.2) is 0 Å². The minimum absolute atomic E-state index is 0. The lowest BCUT2D eigenvalue weighted by Crippen LogP contribution is -2.53. The summed E-state index contributed by atoms with van der Waals surface area (Å²) in [6, 6.07) is 1.85. The number of hydrogen-bond donors (Lipinski definition) is 3. The molecule has 3 N–H and O–H groups in total. The van der Waals surface area contributed by atoms with Gasteiger partial charge in [-0.1, -0.05) is 0 Å². The molecule has 0 aromatic carbocycles. The summed E-state index contributed by atoms with van der Waals surface area (Å²) < 4.78 is 0. The lowest BCUT2D eigenvalue weighted by Gasteiger charge is -2.27. The Balaban J connectivity index is 0.00000112. The number of nitrogens with zero attached hydrogens (tertiary/aromatic N) is 1. The molecule has 1 fully saturated rings. The van der Waals surface area contributed by atoms with Crippen LogP contribution in [0, 0.1) is 0 Å². The Morgan fingerprint density at radius 2 is 2.47 bits per heavy atom. The Morgan fingerprint density at radius 3 is 2.93 bits per heavy atom. The van der Waals surface area contributed by atoms with E-state index >= 15 is 0 Å². The van der Waals surface area contributed by atoms with Gasteiger partial charge in [0, 0.05) is 6.20 Å². The zero-order valence-electron chi connectivity index (χ0n) is 8.49. The maximum Gasteiger partial charge on any atom is 0.237 e. The molecular weight excluding hydrogens is 216 g/mol. The number of carbonyl (C=O) groups is 1. The Hall–Kier alpha value is -1.07. The minimum atomic E-state index is -0.00704. The Bertz CT molecular complexity index is 310. The van der Waals surface area contributed by atoms with Crippen LogP contribution in [0.1, 0.15) is 25.1 Å². The van der Waals surface area contributed by atoms with Crippen molar-refractivity contribution in [3.63, 3.8) is 0 Å². The summed E-state index contributed by atoms with van der Waals surface area (Å²) in [5, 5.41) is 12.6. The lowest BCUT2D eigenvalue weighted by atomic mass is 10.1. The van der Waals surface area contributed by atoms with Crippen molar-refractivity contribution in [2.75, 3.05) is 6.54 Å². The second-order valence-electron chi connectivity index (χ2n) is 3.54. The molecule has 2 rings (SSSR count). The van der Waals surface area contributed by atoms with Crippen LogP contribution < -0.4 is 10.6 Å². The monoisotopic (exact) mass is 230 g/mol. The van der Waals surface area contributed by atoms with Crippen molar-refractivity contribution >= 4 is 18.3 Å². The molecule has 2 heterocycles. The van der Waals surface area contributed by atoms with Gasteiger partial charge in [-0.05, 0) is 26.0 Å². The lowest BCUT2D eigenvalue weighted by molar-refractivity contribution is -0.125. The van der Waals surface area contributed by atoms with Gasteiger partial charge in [-0.15, -0.1) is 12.4 Å². The van der Waals surface area contributed by atoms with Gasteiger partial charge < -0.3 is 10.6 Å². The highest BCUT2D eigenvalue weighted by Crippen LogP contribution is 2.09. The molecule has 1 amide bonds. The largest absolute Gasteiger partial charge is 0.347 e. The van der Waals surface area contributed by atoms with Gasteiger partial charge in [0.25, 0.3) is 0 Å². The molecule has 6 heteroatoms. The smallest absolute Gasteiger partial charge is 0.237 e. The molecule has 1 aliphatic heterocycles. The molecule has 1 unspecified atom stereocenters. The Morgan fingerprint density at radius 1 is 1.73 bits per heavy atom. The average molecular weight is 231 g/mol. The highest BCUT2D eigenvalue weighted by molar-refractivity contribution is 5.85. The van der Waals surface area contributed by atoms with Gasteiger partial charge in [0.15, 0.2) is 0 Å². The summed E-state index contributed by atoms with van der Waals surface area (Å²) in [6.45, 7) is 2.88. The molecule has 1 saturated heterocycles. The summed E-state index contributed by atoms with van der Waals surface area (Å²) >= 11 is 0. The van der Waals surface area contributed by atoms with Crippen molar-refractivity contribution in [1.82, 2.24) is 20.8 Å². The molecule has 5 nitrogen and oxygen atoms in total. The molecule has 1 aromatic rings. The summed E-state index contributed by atoms with van der Waals surface area (Å²) in [7, 11) is 0. The molecule has 0 saturated carbocycles. The number of halogens is 1. The van der Waals surface area contributed by atoms with Crippen LogP contribution in [-0.4, -0.2) is 28.7 Å². The minimum Gasteiger partial charge on any atom is -0.347 e. The summed E-state index contributed by atoms with van der Waals surface area (Å²) in [5.41, 5.74) is 0.928. The molecule has 0 radical (unpaired) electrons. The van der Waals surface area contributed by atoms with Crippen molar-refractivity contribution in [3.05, 3.63) is 18.0 Å². The van der Waals surface area contributed by atoms with Gasteiger partial charge in [0.2, 0.25) is 5.91 Å². The van der Waals surface area contributed by atoms with Crippen molar-refractivity contribution < 1.29 is 4.79 Å². The first-order chi connectivity index (χ1) is 6.77. The normalized spacial score (nSPS) is 21.0. The summed E-state index contributed by atoms with van der Waals surface area (Å²) in [4.78, 5) is 11.5. The van der Waals surface area contributed by atoms with Gasteiger partial charge in [-0.2, -0.15) is 5.10 Å². The van der Waals surface area contributed by atoms with Crippen LogP contribution in [0.15, 0.2) is 12.3 Å². The molecule has 1 aromatic heterocycles. The third-order valence-corrected chi connectivity index (χ3v) is 2.49. The summed E-state index contributed by atoms with van der Waals surface area (Å²) in [6.07, 6.45) is 2.61. The van der Waals surface area contributed by atoms with Crippen molar-refractivity contribution in [2.24, 2.45) is 0 Å². The van der Waals surface area contributed by atoms with E-state index in [0.29, 0.717) is 0 Å². The second kappa shape index (κ2) is 5.14.